The zero-order valence-electron chi connectivity index (χ0n) is 13.1. The third-order valence-corrected chi connectivity index (χ3v) is 4.54. The van der Waals surface area contributed by atoms with Crippen molar-refractivity contribution in [2.45, 2.75) is 37.9 Å². The van der Waals surface area contributed by atoms with Crippen LogP contribution in [0.3, 0.4) is 0 Å². The summed E-state index contributed by atoms with van der Waals surface area (Å²) in [6, 6.07) is 3.71. The lowest BCUT2D eigenvalue weighted by Crippen LogP contribution is -2.38. The average Bonchev–Trinajstić information content (AvgIpc) is 3.25. The number of ether oxygens (including phenoxy) is 1. The first-order valence-corrected chi connectivity index (χ1v) is 7.77. The minimum Gasteiger partial charge on any atom is -0.491 e. The van der Waals surface area contributed by atoms with Gasteiger partial charge < -0.3 is 20.3 Å². The molecule has 1 aromatic rings. The number of nitrogens with zero attached hydrogens (tertiary/aromatic N) is 1. The summed E-state index contributed by atoms with van der Waals surface area (Å²) in [6.45, 7) is 2.29. The Morgan fingerprint density at radius 3 is 2.48 bits per heavy atom. The normalized spacial score (nSPS) is 29.5. The predicted octanol–water partition coefficient (Wildman–Crippen LogP) is 1.81. The van der Waals surface area contributed by atoms with Gasteiger partial charge >= 0.3 is 0 Å². The molecule has 132 valence electrons. The Labute approximate surface area is 149 Å². The molecule has 7 heteroatoms. The van der Waals surface area contributed by atoms with Gasteiger partial charge in [0.1, 0.15) is 5.75 Å². The van der Waals surface area contributed by atoms with Gasteiger partial charge in [-0.15, -0.1) is 24.8 Å². The van der Waals surface area contributed by atoms with E-state index in [1.807, 2.05) is 12.1 Å². The number of aromatic nitrogens is 1. The van der Waals surface area contributed by atoms with E-state index in [1.165, 1.54) is 12.8 Å². The fraction of sp³-hybridized carbons (Fsp3) is 0.688. The van der Waals surface area contributed by atoms with E-state index in [1.54, 1.807) is 12.4 Å². The van der Waals surface area contributed by atoms with Crippen molar-refractivity contribution in [3.05, 3.63) is 24.5 Å². The second kappa shape index (κ2) is 9.04. The van der Waals surface area contributed by atoms with Crippen molar-refractivity contribution in [1.82, 2.24) is 10.3 Å². The second-order valence-electron chi connectivity index (χ2n) is 6.59. The van der Waals surface area contributed by atoms with E-state index in [0.29, 0.717) is 19.4 Å². The summed E-state index contributed by atoms with van der Waals surface area (Å²) >= 11 is 0. The summed E-state index contributed by atoms with van der Waals surface area (Å²) < 4.78 is 5.84. The van der Waals surface area contributed by atoms with Gasteiger partial charge in [-0.1, -0.05) is 0 Å². The maximum absolute atomic E-state index is 9.91. The minimum absolute atomic E-state index is 0. The molecule has 23 heavy (non-hydrogen) atoms. The number of nitrogens with one attached hydrogen (secondary N) is 1. The van der Waals surface area contributed by atoms with E-state index >= 15 is 0 Å². The van der Waals surface area contributed by atoms with Gasteiger partial charge in [0.25, 0.3) is 0 Å². The van der Waals surface area contributed by atoms with Gasteiger partial charge in [-0.3, -0.25) is 4.98 Å². The minimum atomic E-state index is -0.648. The molecule has 5 nitrogen and oxygen atoms in total. The molecule has 0 aliphatic heterocycles. The fourth-order valence-corrected chi connectivity index (χ4v) is 3.09. The second-order valence-corrected chi connectivity index (χ2v) is 6.59. The van der Waals surface area contributed by atoms with E-state index in [2.05, 4.69) is 10.3 Å². The van der Waals surface area contributed by atoms with Crippen molar-refractivity contribution in [3.63, 3.8) is 0 Å². The van der Waals surface area contributed by atoms with Gasteiger partial charge in [0.2, 0.25) is 0 Å². The number of rotatable bonds is 7. The van der Waals surface area contributed by atoms with Crippen LogP contribution in [0.5, 0.6) is 5.75 Å². The standard InChI is InChI=1S/C16H24N2O3.2ClH/c19-14-6-16(7-15(14)20,10-18-8-12-3-4-12)11-21-13-2-1-5-17-9-13;;/h1-2,5,9,12,14-15,18-20H,3-4,6-8,10-11H2;2*1H/t14-,15+,16?;;. The third kappa shape index (κ3) is 5.76. The van der Waals surface area contributed by atoms with Gasteiger partial charge in [0.05, 0.1) is 25.0 Å². The first-order valence-electron chi connectivity index (χ1n) is 7.77. The van der Waals surface area contributed by atoms with E-state index in [4.69, 9.17) is 4.74 Å². The van der Waals surface area contributed by atoms with Crippen LogP contribution in [0.2, 0.25) is 0 Å². The molecule has 1 heterocycles. The van der Waals surface area contributed by atoms with Crippen molar-refractivity contribution >= 4 is 24.8 Å². The zero-order chi connectivity index (χ0) is 14.7. The Morgan fingerprint density at radius 1 is 1.22 bits per heavy atom. The van der Waals surface area contributed by atoms with E-state index < -0.39 is 12.2 Å². The van der Waals surface area contributed by atoms with E-state index in [0.717, 1.165) is 24.8 Å². The maximum Gasteiger partial charge on any atom is 0.137 e. The molecule has 2 fully saturated rings. The number of pyridine rings is 1. The molecular formula is C16H26Cl2N2O3. The lowest BCUT2D eigenvalue weighted by atomic mass is 9.86. The molecule has 2 aliphatic carbocycles. The third-order valence-electron chi connectivity index (χ3n) is 4.54. The number of hydrogen-bond donors (Lipinski definition) is 3. The van der Waals surface area contributed by atoms with Gasteiger partial charge in [-0.25, -0.2) is 0 Å². The molecule has 1 aromatic heterocycles. The summed E-state index contributed by atoms with van der Waals surface area (Å²) in [5.74, 6) is 1.55. The van der Waals surface area contributed by atoms with Gasteiger partial charge in [0.15, 0.2) is 0 Å². The highest BCUT2D eigenvalue weighted by atomic mass is 35.5. The van der Waals surface area contributed by atoms with Crippen LogP contribution in [0.1, 0.15) is 25.7 Å². The van der Waals surface area contributed by atoms with E-state index in [-0.39, 0.29) is 30.2 Å². The van der Waals surface area contributed by atoms with Crippen molar-refractivity contribution in [3.8, 4) is 5.75 Å². The maximum atomic E-state index is 9.91. The summed E-state index contributed by atoms with van der Waals surface area (Å²) in [5, 5.41) is 23.3. The highest BCUT2D eigenvalue weighted by molar-refractivity contribution is 5.85. The molecule has 0 spiro atoms. The lowest BCUT2D eigenvalue weighted by molar-refractivity contribution is 0.0438. The number of aliphatic hydroxyl groups is 2. The molecule has 2 aliphatic rings. The highest BCUT2D eigenvalue weighted by Gasteiger charge is 2.44. The predicted molar refractivity (Wildman–Crippen MR) is 93.5 cm³/mol. The molecule has 0 amide bonds. The molecule has 1 unspecified atom stereocenters. The highest BCUT2D eigenvalue weighted by Crippen LogP contribution is 2.39. The fourth-order valence-electron chi connectivity index (χ4n) is 3.09. The first kappa shape index (κ1) is 20.5. The largest absolute Gasteiger partial charge is 0.491 e. The number of hydrogen-bond acceptors (Lipinski definition) is 5. The Bertz CT molecular complexity index is 450. The van der Waals surface area contributed by atoms with Crippen LogP contribution in [-0.4, -0.2) is 47.1 Å². The number of halogens is 2. The Balaban J connectivity index is 0.00000132. The van der Waals surface area contributed by atoms with Gasteiger partial charge in [-0.05, 0) is 50.3 Å². The molecule has 3 rings (SSSR count). The molecule has 0 bridgehead atoms. The number of aliphatic hydroxyl groups excluding tert-OH is 2. The monoisotopic (exact) mass is 364 g/mol. The quantitative estimate of drug-likeness (QED) is 0.687. The summed E-state index contributed by atoms with van der Waals surface area (Å²) in [7, 11) is 0. The summed E-state index contributed by atoms with van der Waals surface area (Å²) in [5.41, 5.74) is -0.205. The van der Waals surface area contributed by atoms with Crippen LogP contribution in [0.25, 0.3) is 0 Å². The Morgan fingerprint density at radius 2 is 1.91 bits per heavy atom. The SMILES string of the molecule is Cl.Cl.O[C@@H]1CC(CNCC2CC2)(COc2cccnc2)C[C@@H]1O. The summed E-state index contributed by atoms with van der Waals surface area (Å²) in [6.07, 6.45) is 5.89. The van der Waals surface area contributed by atoms with Crippen LogP contribution in [0.4, 0.5) is 0 Å². The molecule has 2 saturated carbocycles. The van der Waals surface area contributed by atoms with Crippen molar-refractivity contribution in [2.75, 3.05) is 19.7 Å². The lowest BCUT2D eigenvalue weighted by Gasteiger charge is -2.29. The topological polar surface area (TPSA) is 74.6 Å². The molecule has 3 atom stereocenters. The van der Waals surface area contributed by atoms with Crippen molar-refractivity contribution < 1.29 is 14.9 Å². The first-order chi connectivity index (χ1) is 10.2. The molecule has 0 radical (unpaired) electrons. The Hall–Kier alpha value is -0.590. The smallest absolute Gasteiger partial charge is 0.137 e. The van der Waals surface area contributed by atoms with Crippen molar-refractivity contribution in [1.29, 1.82) is 0 Å². The molecule has 0 aromatic carbocycles. The molecule has 0 saturated heterocycles. The van der Waals surface area contributed by atoms with Crippen LogP contribution >= 0.6 is 24.8 Å². The van der Waals surface area contributed by atoms with E-state index in [9.17, 15) is 10.2 Å². The average molecular weight is 365 g/mol. The van der Waals surface area contributed by atoms with Gasteiger partial charge in [0, 0.05) is 18.2 Å². The van der Waals surface area contributed by atoms with Crippen LogP contribution in [-0.2, 0) is 0 Å². The zero-order valence-corrected chi connectivity index (χ0v) is 14.7. The van der Waals surface area contributed by atoms with Crippen LogP contribution < -0.4 is 10.1 Å². The van der Waals surface area contributed by atoms with Crippen LogP contribution in [0, 0.1) is 11.3 Å². The van der Waals surface area contributed by atoms with Crippen LogP contribution in [0.15, 0.2) is 24.5 Å². The van der Waals surface area contributed by atoms with Crippen molar-refractivity contribution in [2.24, 2.45) is 11.3 Å². The molecule has 3 N–H and O–H groups in total. The summed E-state index contributed by atoms with van der Waals surface area (Å²) in [4.78, 5) is 4.04. The van der Waals surface area contributed by atoms with Gasteiger partial charge in [-0.2, -0.15) is 0 Å². The molecular weight excluding hydrogens is 339 g/mol. The Kier molecular flexibility index (Phi) is 8.04.